The monoisotopic (exact) mass is 465 g/mol. The number of non-ortho nitro benzene ring substituents is 1. The Morgan fingerprint density at radius 2 is 1.88 bits per heavy atom. The van der Waals surface area contributed by atoms with E-state index < -0.39 is 28.6 Å². The summed E-state index contributed by atoms with van der Waals surface area (Å²) in [6.45, 7) is 1.87. The van der Waals surface area contributed by atoms with E-state index in [1.807, 2.05) is 35.0 Å². The maximum absolute atomic E-state index is 12.7. The molecule has 4 rings (SSSR count). The van der Waals surface area contributed by atoms with E-state index in [1.165, 1.54) is 12.1 Å². The van der Waals surface area contributed by atoms with Crippen molar-refractivity contribution >= 4 is 51.5 Å². The molecule has 2 aromatic carbocycles. The van der Waals surface area contributed by atoms with Crippen LogP contribution in [0.4, 0.5) is 10.5 Å². The highest BCUT2D eigenvalue weighted by Crippen LogP contribution is 2.34. The summed E-state index contributed by atoms with van der Waals surface area (Å²) < 4.78 is 6.81. The number of nitrogens with zero attached hydrogens (tertiary/aromatic N) is 3. The second kappa shape index (κ2) is 9.29. The van der Waals surface area contributed by atoms with Crippen LogP contribution in [0, 0.1) is 10.1 Å². The number of hydrogen-bond donors (Lipinski definition) is 0. The third-order valence-electron chi connectivity index (χ3n) is 5.07. The Hall–Kier alpha value is -3.92. The molecule has 33 heavy (non-hydrogen) atoms. The average molecular weight is 465 g/mol. The smallest absolute Gasteiger partial charge is 0.326 e. The van der Waals surface area contributed by atoms with Gasteiger partial charge in [-0.1, -0.05) is 30.3 Å². The molecule has 1 aromatic heterocycles. The lowest BCUT2D eigenvalue weighted by Gasteiger charge is -2.10. The molecule has 0 bridgehead atoms. The zero-order chi connectivity index (χ0) is 23.5. The standard InChI is InChI=1S/C23H19N3O6S/c1-2-32-21(27)14-25-22(28)20(33-23(25)29)11-16-13-24(19-6-4-3-5-18(16)19)12-15-7-9-17(10-8-15)26(30)31/h3-11,13H,2,12,14H2,1H3. The van der Waals surface area contributed by atoms with Crippen molar-refractivity contribution in [2.24, 2.45) is 0 Å². The third kappa shape index (κ3) is 4.65. The Kier molecular flexibility index (Phi) is 6.27. The Labute approximate surface area is 192 Å². The van der Waals surface area contributed by atoms with Gasteiger partial charge in [-0.25, -0.2) is 0 Å². The molecule has 1 fully saturated rings. The van der Waals surface area contributed by atoms with Crippen LogP contribution >= 0.6 is 11.8 Å². The predicted octanol–water partition coefficient (Wildman–Crippen LogP) is 4.20. The Morgan fingerprint density at radius 1 is 1.15 bits per heavy atom. The van der Waals surface area contributed by atoms with Gasteiger partial charge in [0.2, 0.25) is 0 Å². The fourth-order valence-corrected chi connectivity index (χ4v) is 4.38. The summed E-state index contributed by atoms with van der Waals surface area (Å²) in [5.41, 5.74) is 2.56. The molecule has 1 saturated heterocycles. The highest BCUT2D eigenvalue weighted by Gasteiger charge is 2.36. The largest absolute Gasteiger partial charge is 0.465 e. The number of carbonyl (C=O) groups excluding carboxylic acids is 3. The van der Waals surface area contributed by atoms with Crippen LogP contribution in [0.15, 0.2) is 59.6 Å². The zero-order valence-corrected chi connectivity index (χ0v) is 18.4. The molecule has 9 nitrogen and oxygen atoms in total. The van der Waals surface area contributed by atoms with Crippen molar-refractivity contribution in [1.82, 2.24) is 9.47 Å². The lowest BCUT2D eigenvalue weighted by molar-refractivity contribution is -0.384. The van der Waals surface area contributed by atoms with E-state index in [1.54, 1.807) is 25.1 Å². The number of benzene rings is 2. The van der Waals surface area contributed by atoms with Gasteiger partial charge < -0.3 is 9.30 Å². The molecule has 0 radical (unpaired) electrons. The molecule has 0 aliphatic carbocycles. The number of hydrogen-bond acceptors (Lipinski definition) is 7. The highest BCUT2D eigenvalue weighted by molar-refractivity contribution is 8.18. The lowest BCUT2D eigenvalue weighted by Crippen LogP contribution is -2.34. The number of fused-ring (bicyclic) bond motifs is 1. The molecular formula is C23H19N3O6S. The number of nitro groups is 1. The Balaban J connectivity index is 1.63. The van der Waals surface area contributed by atoms with E-state index in [-0.39, 0.29) is 17.2 Å². The summed E-state index contributed by atoms with van der Waals surface area (Å²) in [6, 6.07) is 13.9. The molecule has 0 N–H and O–H groups in total. The summed E-state index contributed by atoms with van der Waals surface area (Å²) in [6.07, 6.45) is 3.51. The van der Waals surface area contributed by atoms with Crippen molar-refractivity contribution < 1.29 is 24.0 Å². The van der Waals surface area contributed by atoms with Gasteiger partial charge in [0.1, 0.15) is 6.54 Å². The Morgan fingerprint density at radius 3 is 2.58 bits per heavy atom. The predicted molar refractivity (Wildman–Crippen MR) is 123 cm³/mol. The van der Waals surface area contributed by atoms with Crippen molar-refractivity contribution in [1.29, 1.82) is 0 Å². The summed E-state index contributed by atoms with van der Waals surface area (Å²) in [5.74, 6) is -1.17. The first kappa shape index (κ1) is 22.3. The van der Waals surface area contributed by atoms with E-state index in [9.17, 15) is 24.5 Å². The first-order chi connectivity index (χ1) is 15.9. The molecule has 0 spiro atoms. The fourth-order valence-electron chi connectivity index (χ4n) is 3.55. The molecule has 2 heterocycles. The number of amides is 2. The van der Waals surface area contributed by atoms with Crippen LogP contribution in [0.25, 0.3) is 17.0 Å². The Bertz CT molecular complexity index is 1300. The van der Waals surface area contributed by atoms with Gasteiger partial charge in [-0.05, 0) is 36.4 Å². The number of carbonyl (C=O) groups is 3. The first-order valence-electron chi connectivity index (χ1n) is 10.1. The molecular weight excluding hydrogens is 446 g/mol. The van der Waals surface area contributed by atoms with Crippen LogP contribution < -0.4 is 0 Å². The van der Waals surface area contributed by atoms with E-state index >= 15 is 0 Å². The number of thioether (sulfide) groups is 1. The van der Waals surface area contributed by atoms with Crippen LogP contribution in [0.1, 0.15) is 18.1 Å². The van der Waals surface area contributed by atoms with Crippen molar-refractivity contribution in [2.75, 3.05) is 13.2 Å². The van der Waals surface area contributed by atoms with Crippen molar-refractivity contribution in [2.45, 2.75) is 13.5 Å². The summed E-state index contributed by atoms with van der Waals surface area (Å²) in [5, 5.41) is 11.3. The van der Waals surface area contributed by atoms with Crippen LogP contribution in [-0.4, -0.2) is 44.7 Å². The lowest BCUT2D eigenvalue weighted by atomic mass is 10.1. The van der Waals surface area contributed by atoms with Gasteiger partial charge >= 0.3 is 5.97 Å². The van der Waals surface area contributed by atoms with Gasteiger partial charge in [0.15, 0.2) is 0 Å². The maximum atomic E-state index is 12.7. The average Bonchev–Trinajstić information content (AvgIpc) is 3.26. The van der Waals surface area contributed by atoms with Gasteiger partial charge in [-0.15, -0.1) is 0 Å². The molecule has 0 atom stereocenters. The SMILES string of the molecule is CCOC(=O)CN1C(=O)SC(=Cc2cn(Cc3ccc([N+](=O)[O-])cc3)c3ccccc23)C1=O. The third-order valence-corrected chi connectivity index (χ3v) is 5.98. The molecule has 3 aromatic rings. The minimum absolute atomic E-state index is 0.0235. The quantitative estimate of drug-likeness (QED) is 0.222. The zero-order valence-electron chi connectivity index (χ0n) is 17.6. The van der Waals surface area contributed by atoms with Crippen LogP contribution in [0.3, 0.4) is 0 Å². The topological polar surface area (TPSA) is 112 Å². The maximum Gasteiger partial charge on any atom is 0.326 e. The summed E-state index contributed by atoms with van der Waals surface area (Å²) in [7, 11) is 0. The molecule has 2 amide bonds. The minimum Gasteiger partial charge on any atom is -0.465 e. The molecule has 1 aliphatic rings. The number of para-hydroxylation sites is 1. The van der Waals surface area contributed by atoms with E-state index in [0.29, 0.717) is 6.54 Å². The fraction of sp³-hybridized carbons (Fsp3) is 0.174. The summed E-state index contributed by atoms with van der Waals surface area (Å²) >= 11 is 0.780. The number of esters is 1. The number of ether oxygens (including phenoxy) is 1. The van der Waals surface area contributed by atoms with Gasteiger partial charge in [0, 0.05) is 41.3 Å². The van der Waals surface area contributed by atoms with Crippen molar-refractivity contribution in [3.63, 3.8) is 0 Å². The van der Waals surface area contributed by atoms with E-state index in [2.05, 4.69) is 0 Å². The van der Waals surface area contributed by atoms with Gasteiger partial charge in [0.05, 0.1) is 16.4 Å². The number of rotatable bonds is 7. The van der Waals surface area contributed by atoms with Gasteiger partial charge in [-0.2, -0.15) is 0 Å². The van der Waals surface area contributed by atoms with Crippen molar-refractivity contribution in [3.05, 3.63) is 80.9 Å². The van der Waals surface area contributed by atoms with Crippen LogP contribution in [0.5, 0.6) is 0 Å². The first-order valence-corrected chi connectivity index (χ1v) is 10.9. The minimum atomic E-state index is -0.638. The number of aromatic nitrogens is 1. The molecule has 1 aliphatic heterocycles. The van der Waals surface area contributed by atoms with Crippen molar-refractivity contribution in [3.8, 4) is 0 Å². The van der Waals surface area contributed by atoms with Crippen LogP contribution in [-0.2, 0) is 20.9 Å². The molecule has 0 saturated carbocycles. The van der Waals surface area contributed by atoms with E-state index in [4.69, 9.17) is 4.74 Å². The number of imide groups is 1. The summed E-state index contributed by atoms with van der Waals surface area (Å²) in [4.78, 5) is 48.3. The molecule has 10 heteroatoms. The second-order valence-corrected chi connectivity index (χ2v) is 8.22. The van der Waals surface area contributed by atoms with Gasteiger partial charge in [-0.3, -0.25) is 29.4 Å². The van der Waals surface area contributed by atoms with E-state index in [0.717, 1.165) is 38.7 Å². The normalized spacial score (nSPS) is 14.9. The second-order valence-electron chi connectivity index (χ2n) is 7.23. The molecule has 0 unspecified atom stereocenters. The van der Waals surface area contributed by atoms with Gasteiger partial charge in [0.25, 0.3) is 16.8 Å². The number of nitro benzene ring substituents is 1. The molecule has 168 valence electrons. The highest BCUT2D eigenvalue weighted by atomic mass is 32.2. The van der Waals surface area contributed by atoms with Crippen LogP contribution in [0.2, 0.25) is 0 Å².